The number of carbonyl (C=O) groups excluding carboxylic acids is 1. The average Bonchev–Trinajstić information content (AvgIpc) is 3.08. The number of carbonyl (C=O) groups is 1. The molecule has 2 heterocycles. The van der Waals surface area contributed by atoms with E-state index in [-0.39, 0.29) is 18.5 Å². The summed E-state index contributed by atoms with van der Waals surface area (Å²) in [6.45, 7) is 2.79. The molecule has 0 saturated carbocycles. The SMILES string of the molecule is CCCCSC[C@H]1CN(NCc2ccc([N+](=O)[O-])o2)C(=O)O1. The minimum atomic E-state index is -0.600. The average molecular weight is 329 g/mol. The second-order valence-corrected chi connectivity index (χ2v) is 6.03. The van der Waals surface area contributed by atoms with E-state index in [0.717, 1.165) is 24.3 Å². The Morgan fingerprint density at radius 1 is 1.55 bits per heavy atom. The van der Waals surface area contributed by atoms with Crippen LogP contribution in [0, 0.1) is 10.1 Å². The number of cyclic esters (lactones) is 1. The quantitative estimate of drug-likeness (QED) is 0.422. The van der Waals surface area contributed by atoms with E-state index in [0.29, 0.717) is 12.3 Å². The monoisotopic (exact) mass is 329 g/mol. The molecule has 1 fully saturated rings. The van der Waals surface area contributed by atoms with Gasteiger partial charge in [-0.25, -0.2) is 15.2 Å². The Morgan fingerprint density at radius 2 is 2.36 bits per heavy atom. The molecule has 1 atom stereocenters. The van der Waals surface area contributed by atoms with E-state index in [9.17, 15) is 14.9 Å². The maximum Gasteiger partial charge on any atom is 0.433 e. The van der Waals surface area contributed by atoms with Crippen molar-refractivity contribution in [2.45, 2.75) is 32.4 Å². The molecule has 122 valence electrons. The van der Waals surface area contributed by atoms with E-state index in [1.165, 1.54) is 17.1 Å². The van der Waals surface area contributed by atoms with Crippen LogP contribution in [0.3, 0.4) is 0 Å². The number of nitro groups is 1. The first-order chi connectivity index (χ1) is 10.6. The first kappa shape index (κ1) is 16.6. The molecule has 9 heteroatoms. The number of unbranched alkanes of at least 4 members (excludes halogenated alkanes) is 1. The third-order valence-electron chi connectivity index (χ3n) is 3.09. The smallest absolute Gasteiger partial charge is 0.433 e. The van der Waals surface area contributed by atoms with Crippen LogP contribution in [-0.4, -0.2) is 40.2 Å². The van der Waals surface area contributed by atoms with Crippen molar-refractivity contribution in [3.8, 4) is 0 Å². The molecular weight excluding hydrogens is 310 g/mol. The highest BCUT2D eigenvalue weighted by atomic mass is 32.2. The minimum Gasteiger partial charge on any atom is -0.442 e. The molecule has 1 aromatic heterocycles. The maximum absolute atomic E-state index is 11.7. The number of hydrogen-bond donors (Lipinski definition) is 1. The zero-order valence-electron chi connectivity index (χ0n) is 12.3. The molecule has 1 amide bonds. The van der Waals surface area contributed by atoms with E-state index in [1.807, 2.05) is 0 Å². The zero-order chi connectivity index (χ0) is 15.9. The molecule has 1 N–H and O–H groups in total. The zero-order valence-corrected chi connectivity index (χ0v) is 13.1. The fraction of sp³-hybridized carbons (Fsp3) is 0.615. The van der Waals surface area contributed by atoms with E-state index in [4.69, 9.17) is 9.15 Å². The van der Waals surface area contributed by atoms with Gasteiger partial charge in [-0.1, -0.05) is 13.3 Å². The van der Waals surface area contributed by atoms with E-state index in [2.05, 4.69) is 12.3 Å². The van der Waals surface area contributed by atoms with Crippen molar-refractivity contribution in [3.05, 3.63) is 28.0 Å². The van der Waals surface area contributed by atoms with Crippen molar-refractivity contribution in [3.63, 3.8) is 0 Å². The van der Waals surface area contributed by atoms with Gasteiger partial charge in [0, 0.05) is 5.75 Å². The number of thioether (sulfide) groups is 1. The topological polar surface area (TPSA) is 97.9 Å². The highest BCUT2D eigenvalue weighted by Crippen LogP contribution is 2.18. The molecule has 1 aliphatic rings. The predicted molar refractivity (Wildman–Crippen MR) is 81.4 cm³/mol. The molecule has 0 aromatic carbocycles. The standard InChI is InChI=1S/C13H19N3O5S/c1-2-3-6-22-9-11-8-15(13(17)21-11)14-7-10-4-5-12(20-10)16(18)19/h4-5,11,14H,2-3,6-9H2,1H3/t11-/m1/s1. The molecule has 1 aliphatic heterocycles. The summed E-state index contributed by atoms with van der Waals surface area (Å²) >= 11 is 1.78. The van der Waals surface area contributed by atoms with Crippen molar-refractivity contribution >= 4 is 23.7 Å². The van der Waals surface area contributed by atoms with Crippen molar-refractivity contribution in [1.82, 2.24) is 10.4 Å². The normalized spacial score (nSPS) is 17.8. The second-order valence-electron chi connectivity index (χ2n) is 4.88. The van der Waals surface area contributed by atoms with E-state index >= 15 is 0 Å². The lowest BCUT2D eigenvalue weighted by Gasteiger charge is -2.13. The molecule has 0 aliphatic carbocycles. The summed E-state index contributed by atoms with van der Waals surface area (Å²) in [5.74, 6) is 1.91. The van der Waals surface area contributed by atoms with Crippen LogP contribution in [0.5, 0.6) is 0 Å². The van der Waals surface area contributed by atoms with Crippen molar-refractivity contribution in [2.75, 3.05) is 18.1 Å². The Hall–Kier alpha value is -1.74. The summed E-state index contributed by atoms with van der Waals surface area (Å²) in [6, 6.07) is 2.79. The lowest BCUT2D eigenvalue weighted by Crippen LogP contribution is -2.38. The van der Waals surface area contributed by atoms with Crippen LogP contribution >= 0.6 is 11.8 Å². The van der Waals surface area contributed by atoms with E-state index < -0.39 is 11.0 Å². The van der Waals surface area contributed by atoms with E-state index in [1.54, 1.807) is 11.8 Å². The van der Waals surface area contributed by atoms with Crippen molar-refractivity contribution < 1.29 is 18.9 Å². The van der Waals surface area contributed by atoms with Crippen molar-refractivity contribution in [1.29, 1.82) is 0 Å². The lowest BCUT2D eigenvalue weighted by molar-refractivity contribution is -0.402. The predicted octanol–water partition coefficient (Wildman–Crippen LogP) is 2.55. The van der Waals surface area contributed by atoms with Gasteiger partial charge in [0.1, 0.15) is 16.8 Å². The number of hydrazine groups is 1. The molecular formula is C13H19N3O5S. The third-order valence-corrected chi connectivity index (χ3v) is 4.28. The van der Waals surface area contributed by atoms with Crippen molar-refractivity contribution in [2.24, 2.45) is 0 Å². The summed E-state index contributed by atoms with van der Waals surface area (Å²) in [5, 5.41) is 11.9. The Morgan fingerprint density at radius 3 is 3.05 bits per heavy atom. The van der Waals surface area contributed by atoms with Crippen LogP contribution in [0.4, 0.5) is 10.7 Å². The van der Waals surface area contributed by atoms with Crippen LogP contribution in [0.2, 0.25) is 0 Å². The summed E-state index contributed by atoms with van der Waals surface area (Å²) < 4.78 is 10.3. The van der Waals surface area contributed by atoms with Gasteiger partial charge in [-0.15, -0.1) is 0 Å². The molecule has 1 aromatic rings. The highest BCUT2D eigenvalue weighted by molar-refractivity contribution is 7.99. The Kier molecular flexibility index (Phi) is 6.08. The van der Waals surface area contributed by atoms with Crippen LogP contribution in [0.15, 0.2) is 16.5 Å². The van der Waals surface area contributed by atoms with Gasteiger partial charge >= 0.3 is 12.0 Å². The van der Waals surface area contributed by atoms with Gasteiger partial charge in [-0.05, 0) is 18.2 Å². The molecule has 2 rings (SSSR count). The summed E-state index contributed by atoms with van der Waals surface area (Å²) in [7, 11) is 0. The van der Waals surface area contributed by atoms with Gasteiger partial charge in [0.2, 0.25) is 0 Å². The number of ether oxygens (including phenoxy) is 1. The minimum absolute atomic E-state index is 0.132. The molecule has 0 unspecified atom stereocenters. The number of rotatable bonds is 9. The van der Waals surface area contributed by atoms with Gasteiger partial charge < -0.3 is 9.15 Å². The van der Waals surface area contributed by atoms with Gasteiger partial charge in [0.15, 0.2) is 0 Å². The molecule has 0 spiro atoms. The van der Waals surface area contributed by atoms with Gasteiger partial charge in [-0.3, -0.25) is 10.1 Å². The summed E-state index contributed by atoms with van der Waals surface area (Å²) in [5.41, 5.74) is 2.86. The number of furan rings is 1. The molecule has 8 nitrogen and oxygen atoms in total. The number of hydrogen-bond acceptors (Lipinski definition) is 7. The fourth-order valence-electron chi connectivity index (χ4n) is 1.93. The third kappa shape index (κ3) is 4.63. The highest BCUT2D eigenvalue weighted by Gasteiger charge is 2.31. The van der Waals surface area contributed by atoms with Crippen LogP contribution < -0.4 is 5.43 Å². The van der Waals surface area contributed by atoms with Crippen LogP contribution in [0.25, 0.3) is 0 Å². The molecule has 22 heavy (non-hydrogen) atoms. The summed E-state index contributed by atoms with van der Waals surface area (Å²) in [4.78, 5) is 21.6. The lowest BCUT2D eigenvalue weighted by atomic mass is 10.4. The van der Waals surface area contributed by atoms with Gasteiger partial charge in [0.05, 0.1) is 19.2 Å². The second kappa shape index (κ2) is 8.04. The Balaban J connectivity index is 1.73. The largest absolute Gasteiger partial charge is 0.442 e. The van der Waals surface area contributed by atoms with Gasteiger partial charge in [0.25, 0.3) is 0 Å². The molecule has 1 saturated heterocycles. The first-order valence-electron chi connectivity index (χ1n) is 7.12. The fourth-order valence-corrected chi connectivity index (χ4v) is 3.03. The number of nitrogens with zero attached hydrogens (tertiary/aromatic N) is 2. The Bertz CT molecular complexity index is 522. The maximum atomic E-state index is 11.7. The van der Waals surface area contributed by atoms with Gasteiger partial charge in [-0.2, -0.15) is 11.8 Å². The first-order valence-corrected chi connectivity index (χ1v) is 8.28. The Labute approximate surface area is 132 Å². The van der Waals surface area contributed by atoms with Crippen LogP contribution in [-0.2, 0) is 11.3 Å². The molecule has 0 bridgehead atoms. The van der Waals surface area contributed by atoms with Crippen LogP contribution in [0.1, 0.15) is 25.5 Å². The summed E-state index contributed by atoms with van der Waals surface area (Å²) in [6.07, 6.45) is 1.75. The number of amides is 1. The number of nitrogens with one attached hydrogen (secondary N) is 1. The molecule has 0 radical (unpaired) electrons.